The molecule has 0 bridgehead atoms. The van der Waals surface area contributed by atoms with Crippen LogP contribution in [0.3, 0.4) is 0 Å². The van der Waals surface area contributed by atoms with Gasteiger partial charge in [-0.3, -0.25) is 4.79 Å². The molecule has 4 rings (SSSR count). The molecule has 1 amide bonds. The normalized spacial score (nSPS) is 15.8. The molecule has 3 aromatic rings. The molecule has 0 spiro atoms. The van der Waals surface area contributed by atoms with Crippen LogP contribution in [0, 0.1) is 13.8 Å². The van der Waals surface area contributed by atoms with Gasteiger partial charge >= 0.3 is 0 Å². The molecule has 1 aromatic heterocycles. The van der Waals surface area contributed by atoms with Crippen LogP contribution in [0.4, 0.5) is 5.82 Å². The number of carbonyl (C=O) groups is 1. The van der Waals surface area contributed by atoms with Crippen LogP contribution in [0.25, 0.3) is 5.69 Å². The van der Waals surface area contributed by atoms with Gasteiger partial charge in [-0.05, 0) is 50.1 Å². The number of amides is 1. The average molecular weight is 377 g/mol. The van der Waals surface area contributed by atoms with E-state index >= 15 is 0 Å². The number of phenols is 1. The maximum absolute atomic E-state index is 12.5. The molecule has 1 aliphatic rings. The van der Waals surface area contributed by atoms with Crippen molar-refractivity contribution in [2.45, 2.75) is 33.1 Å². The number of ether oxygens (including phenoxy) is 1. The molecule has 2 heterocycles. The fraction of sp³-hybridized carbons (Fsp3) is 0.273. The number of hydrogen-bond acceptors (Lipinski definition) is 4. The first-order valence-corrected chi connectivity index (χ1v) is 9.39. The second kappa shape index (κ2) is 7.03. The number of aryl methyl sites for hydroxylation is 2. The number of nitrogens with one attached hydrogen (secondary N) is 1. The molecule has 0 fully saturated rings. The number of aromatic hydroxyl groups is 1. The van der Waals surface area contributed by atoms with E-state index in [1.165, 1.54) is 5.56 Å². The van der Waals surface area contributed by atoms with Crippen LogP contribution in [0.5, 0.6) is 11.5 Å². The van der Waals surface area contributed by atoms with Gasteiger partial charge in [-0.15, -0.1) is 0 Å². The van der Waals surface area contributed by atoms with E-state index in [1.807, 2.05) is 45.2 Å². The van der Waals surface area contributed by atoms with E-state index in [9.17, 15) is 9.90 Å². The van der Waals surface area contributed by atoms with Crippen LogP contribution >= 0.6 is 0 Å². The number of anilines is 1. The molecule has 1 aliphatic heterocycles. The molecule has 28 heavy (non-hydrogen) atoms. The third-order valence-corrected chi connectivity index (χ3v) is 5.09. The van der Waals surface area contributed by atoms with Crippen molar-refractivity contribution in [1.82, 2.24) is 9.78 Å². The fourth-order valence-corrected chi connectivity index (χ4v) is 3.76. The molecule has 0 aliphatic carbocycles. The maximum atomic E-state index is 12.5. The van der Waals surface area contributed by atoms with Gasteiger partial charge < -0.3 is 15.2 Å². The topological polar surface area (TPSA) is 76.4 Å². The number of carbonyl (C=O) groups excluding carboxylic acids is 1. The minimum Gasteiger partial charge on any atom is -0.504 e. The molecular formula is C22H23N3O3. The predicted octanol–water partition coefficient (Wildman–Crippen LogP) is 4.07. The zero-order valence-electron chi connectivity index (χ0n) is 16.2. The molecule has 1 atom stereocenters. The van der Waals surface area contributed by atoms with Crippen molar-refractivity contribution in [3.63, 3.8) is 0 Å². The number of benzene rings is 2. The molecule has 2 aromatic carbocycles. The van der Waals surface area contributed by atoms with E-state index in [1.54, 1.807) is 16.8 Å². The minimum atomic E-state index is -0.150. The Labute approximate surface area is 163 Å². The lowest BCUT2D eigenvalue weighted by Crippen LogP contribution is -2.24. The standard InChI is InChI=1S/C22H23N3O3/c1-4-28-20-10-15(6-8-19(20)26)16-11-21(27)24-22-17(16)12-23-25(22)18-7-5-13(2)9-14(18)3/h5-10,12,16,26H,4,11H2,1-3H3,(H,24,27). The Morgan fingerprint density at radius 2 is 2.07 bits per heavy atom. The van der Waals surface area contributed by atoms with E-state index < -0.39 is 0 Å². The molecule has 144 valence electrons. The third kappa shape index (κ3) is 3.11. The largest absolute Gasteiger partial charge is 0.504 e. The Bertz CT molecular complexity index is 1060. The second-order valence-corrected chi connectivity index (χ2v) is 7.12. The average Bonchev–Trinajstić information content (AvgIpc) is 3.06. The van der Waals surface area contributed by atoms with Gasteiger partial charge in [0, 0.05) is 17.9 Å². The zero-order chi connectivity index (χ0) is 19.8. The molecule has 1 unspecified atom stereocenters. The summed E-state index contributed by atoms with van der Waals surface area (Å²) in [5.74, 6) is 1.00. The second-order valence-electron chi connectivity index (χ2n) is 7.12. The molecular weight excluding hydrogens is 354 g/mol. The lowest BCUT2D eigenvalue weighted by Gasteiger charge is -2.24. The molecule has 6 nitrogen and oxygen atoms in total. The number of fused-ring (bicyclic) bond motifs is 1. The van der Waals surface area contributed by atoms with E-state index in [0.717, 1.165) is 22.4 Å². The Morgan fingerprint density at radius 3 is 2.82 bits per heavy atom. The number of rotatable bonds is 4. The first kappa shape index (κ1) is 18.1. The first-order chi connectivity index (χ1) is 13.5. The van der Waals surface area contributed by atoms with E-state index in [-0.39, 0.29) is 17.6 Å². The highest BCUT2D eigenvalue weighted by Gasteiger charge is 2.31. The summed E-state index contributed by atoms with van der Waals surface area (Å²) in [4.78, 5) is 12.5. The molecule has 0 radical (unpaired) electrons. The molecule has 0 saturated heterocycles. The van der Waals surface area contributed by atoms with Crippen LogP contribution in [-0.2, 0) is 4.79 Å². The highest BCUT2D eigenvalue weighted by Crippen LogP contribution is 2.40. The summed E-state index contributed by atoms with van der Waals surface area (Å²) in [6, 6.07) is 11.4. The van der Waals surface area contributed by atoms with E-state index in [4.69, 9.17) is 4.74 Å². The lowest BCUT2D eigenvalue weighted by molar-refractivity contribution is -0.116. The van der Waals surface area contributed by atoms with Gasteiger partial charge in [0.1, 0.15) is 5.82 Å². The van der Waals surface area contributed by atoms with E-state index in [0.29, 0.717) is 24.6 Å². The highest BCUT2D eigenvalue weighted by atomic mass is 16.5. The monoisotopic (exact) mass is 377 g/mol. The molecule has 6 heteroatoms. The van der Waals surface area contributed by atoms with E-state index in [2.05, 4.69) is 16.5 Å². The summed E-state index contributed by atoms with van der Waals surface area (Å²) in [6.07, 6.45) is 2.13. The van der Waals surface area contributed by atoms with Crippen LogP contribution < -0.4 is 10.1 Å². The number of hydrogen-bond donors (Lipinski definition) is 2. The van der Waals surface area contributed by atoms with Crippen molar-refractivity contribution in [1.29, 1.82) is 0 Å². The maximum Gasteiger partial charge on any atom is 0.226 e. The van der Waals surface area contributed by atoms with Crippen molar-refractivity contribution in [3.05, 3.63) is 64.8 Å². The number of aromatic nitrogens is 2. The molecule has 2 N–H and O–H groups in total. The summed E-state index contributed by atoms with van der Waals surface area (Å²) in [5, 5.41) is 17.5. The predicted molar refractivity (Wildman–Crippen MR) is 107 cm³/mol. The van der Waals surface area contributed by atoms with Crippen molar-refractivity contribution < 1.29 is 14.6 Å². The van der Waals surface area contributed by atoms with Gasteiger partial charge in [0.2, 0.25) is 5.91 Å². The van der Waals surface area contributed by atoms with Gasteiger partial charge in [-0.25, -0.2) is 4.68 Å². The third-order valence-electron chi connectivity index (χ3n) is 5.09. The Balaban J connectivity index is 1.80. The summed E-state index contributed by atoms with van der Waals surface area (Å²) >= 11 is 0. The highest BCUT2D eigenvalue weighted by molar-refractivity contribution is 5.94. The Kier molecular flexibility index (Phi) is 4.55. The summed E-state index contributed by atoms with van der Waals surface area (Å²) in [6.45, 7) is 6.41. The van der Waals surface area contributed by atoms with Gasteiger partial charge in [-0.1, -0.05) is 23.8 Å². The summed E-state index contributed by atoms with van der Waals surface area (Å²) in [5.41, 5.74) is 5.07. The Hall–Kier alpha value is -3.28. The smallest absolute Gasteiger partial charge is 0.226 e. The molecule has 0 saturated carbocycles. The van der Waals surface area contributed by atoms with Gasteiger partial charge in [0.15, 0.2) is 11.5 Å². The van der Waals surface area contributed by atoms with Gasteiger partial charge in [0.25, 0.3) is 0 Å². The van der Waals surface area contributed by atoms with Crippen LogP contribution in [-0.4, -0.2) is 27.4 Å². The SMILES string of the molecule is CCOc1cc(C2CC(=O)Nc3c2cnn3-c2ccc(C)cc2C)ccc1O. The van der Waals surface area contributed by atoms with Gasteiger partial charge in [-0.2, -0.15) is 5.10 Å². The number of phenolic OH excluding ortho intramolecular Hbond substituents is 1. The quantitative estimate of drug-likeness (QED) is 0.719. The number of nitrogens with zero attached hydrogens (tertiary/aromatic N) is 2. The summed E-state index contributed by atoms with van der Waals surface area (Å²) < 4.78 is 7.30. The Morgan fingerprint density at radius 1 is 1.25 bits per heavy atom. The zero-order valence-corrected chi connectivity index (χ0v) is 16.2. The first-order valence-electron chi connectivity index (χ1n) is 9.39. The lowest BCUT2D eigenvalue weighted by atomic mass is 9.87. The van der Waals surface area contributed by atoms with Crippen LogP contribution in [0.1, 0.15) is 41.5 Å². The van der Waals surface area contributed by atoms with Crippen LogP contribution in [0.15, 0.2) is 42.6 Å². The van der Waals surface area contributed by atoms with Gasteiger partial charge in [0.05, 0.1) is 18.5 Å². The minimum absolute atomic E-state index is 0.0601. The van der Waals surface area contributed by atoms with Crippen molar-refractivity contribution in [3.8, 4) is 17.2 Å². The van der Waals surface area contributed by atoms with Crippen LogP contribution in [0.2, 0.25) is 0 Å². The fourth-order valence-electron chi connectivity index (χ4n) is 3.76. The summed E-state index contributed by atoms with van der Waals surface area (Å²) in [7, 11) is 0. The van der Waals surface area contributed by atoms with Crippen molar-refractivity contribution in [2.24, 2.45) is 0 Å². The van der Waals surface area contributed by atoms with Crippen molar-refractivity contribution in [2.75, 3.05) is 11.9 Å². The van der Waals surface area contributed by atoms with Crippen molar-refractivity contribution >= 4 is 11.7 Å².